The van der Waals surface area contributed by atoms with Crippen LogP contribution in [0.5, 0.6) is 0 Å². The molecule has 3 rings (SSSR count). The maximum Gasteiger partial charge on any atom is 0.240 e. The van der Waals surface area contributed by atoms with Crippen LogP contribution < -0.4 is 5.32 Å². The van der Waals surface area contributed by atoms with E-state index in [9.17, 15) is 4.79 Å². The molecule has 24 heavy (non-hydrogen) atoms. The molecule has 0 aromatic carbocycles. The fourth-order valence-electron chi connectivity index (χ4n) is 2.98. The number of nitrogens with zero attached hydrogens (tertiary/aromatic N) is 3. The Balaban J connectivity index is 1.52. The number of aromatic nitrogens is 2. The quantitative estimate of drug-likeness (QED) is 0.798. The van der Waals surface area contributed by atoms with Gasteiger partial charge in [-0.2, -0.15) is 4.98 Å². The first kappa shape index (κ1) is 16.7. The summed E-state index contributed by atoms with van der Waals surface area (Å²) in [5, 5.41) is 6.94. The van der Waals surface area contributed by atoms with Crippen LogP contribution in [-0.2, 0) is 24.3 Å². The van der Waals surface area contributed by atoms with Gasteiger partial charge in [-0.05, 0) is 37.9 Å². The topological polar surface area (TPSA) is 84.4 Å². The molecule has 3 heterocycles. The van der Waals surface area contributed by atoms with Gasteiger partial charge in [0.1, 0.15) is 5.76 Å². The summed E-state index contributed by atoms with van der Waals surface area (Å²) in [5.41, 5.74) is 0. The number of amides is 1. The van der Waals surface area contributed by atoms with Crippen molar-refractivity contribution in [2.75, 3.05) is 6.54 Å². The summed E-state index contributed by atoms with van der Waals surface area (Å²) < 4.78 is 10.6. The molecule has 0 spiro atoms. The molecular weight excluding hydrogens is 308 g/mol. The summed E-state index contributed by atoms with van der Waals surface area (Å²) in [6, 6.07) is 3.52. The molecule has 0 aliphatic carbocycles. The molecule has 7 heteroatoms. The zero-order valence-corrected chi connectivity index (χ0v) is 14.0. The number of aryl methyl sites for hydroxylation is 1. The molecule has 2 aromatic heterocycles. The Morgan fingerprint density at radius 2 is 2.42 bits per heavy atom. The first-order valence-corrected chi connectivity index (χ1v) is 8.62. The Morgan fingerprint density at radius 3 is 3.21 bits per heavy atom. The molecule has 1 N–H and O–H groups in total. The SMILES string of the molecule is CCCCc1noc(CN2CCC[C@H]2C(=O)NCc2ccco2)n1. The molecule has 0 saturated carbocycles. The van der Waals surface area contributed by atoms with Crippen LogP contribution in [-0.4, -0.2) is 33.5 Å². The number of carbonyl (C=O) groups excluding carboxylic acids is 1. The maximum atomic E-state index is 12.4. The average molecular weight is 332 g/mol. The van der Waals surface area contributed by atoms with Crippen molar-refractivity contribution in [1.29, 1.82) is 0 Å². The molecule has 1 atom stereocenters. The van der Waals surface area contributed by atoms with Crippen molar-refractivity contribution in [3.8, 4) is 0 Å². The van der Waals surface area contributed by atoms with Crippen molar-refractivity contribution in [2.45, 2.75) is 58.2 Å². The second-order valence-electron chi connectivity index (χ2n) is 6.13. The van der Waals surface area contributed by atoms with Crippen LogP contribution in [0.2, 0.25) is 0 Å². The lowest BCUT2D eigenvalue weighted by atomic mass is 10.2. The number of rotatable bonds is 8. The predicted molar refractivity (Wildman–Crippen MR) is 86.9 cm³/mol. The van der Waals surface area contributed by atoms with Gasteiger partial charge in [0.25, 0.3) is 0 Å². The van der Waals surface area contributed by atoms with Crippen LogP contribution in [0.25, 0.3) is 0 Å². The van der Waals surface area contributed by atoms with E-state index in [2.05, 4.69) is 27.3 Å². The molecule has 0 bridgehead atoms. The van der Waals surface area contributed by atoms with E-state index in [1.165, 1.54) is 0 Å². The molecule has 7 nitrogen and oxygen atoms in total. The molecule has 1 aliphatic heterocycles. The maximum absolute atomic E-state index is 12.4. The second kappa shape index (κ2) is 8.10. The monoisotopic (exact) mass is 332 g/mol. The van der Waals surface area contributed by atoms with Crippen molar-refractivity contribution in [3.05, 3.63) is 35.9 Å². The molecule has 1 saturated heterocycles. The molecule has 0 radical (unpaired) electrons. The van der Waals surface area contributed by atoms with Gasteiger partial charge in [0, 0.05) is 6.42 Å². The van der Waals surface area contributed by atoms with Gasteiger partial charge < -0.3 is 14.3 Å². The third-order valence-corrected chi connectivity index (χ3v) is 4.29. The molecule has 0 unspecified atom stereocenters. The van der Waals surface area contributed by atoms with Crippen molar-refractivity contribution in [3.63, 3.8) is 0 Å². The summed E-state index contributed by atoms with van der Waals surface area (Å²) in [4.78, 5) is 19.0. The first-order valence-electron chi connectivity index (χ1n) is 8.62. The van der Waals surface area contributed by atoms with E-state index in [1.807, 2.05) is 12.1 Å². The Morgan fingerprint density at radius 1 is 1.50 bits per heavy atom. The lowest BCUT2D eigenvalue weighted by molar-refractivity contribution is -0.126. The van der Waals surface area contributed by atoms with E-state index in [1.54, 1.807) is 6.26 Å². The fourth-order valence-corrected chi connectivity index (χ4v) is 2.98. The molecular formula is C17H24N4O3. The number of unbranched alkanes of at least 4 members (excludes halogenated alkanes) is 1. The third kappa shape index (κ3) is 4.23. The first-order chi connectivity index (χ1) is 11.8. The minimum atomic E-state index is -0.147. The lowest BCUT2D eigenvalue weighted by Gasteiger charge is -2.21. The molecule has 1 aliphatic rings. The van der Waals surface area contributed by atoms with E-state index in [-0.39, 0.29) is 11.9 Å². The van der Waals surface area contributed by atoms with E-state index in [0.29, 0.717) is 19.0 Å². The Kier molecular flexibility index (Phi) is 5.63. The number of likely N-dealkylation sites (tertiary alicyclic amines) is 1. The van der Waals surface area contributed by atoms with Gasteiger partial charge >= 0.3 is 0 Å². The molecule has 130 valence electrons. The van der Waals surface area contributed by atoms with Gasteiger partial charge in [-0.3, -0.25) is 9.69 Å². The summed E-state index contributed by atoms with van der Waals surface area (Å²) in [6.07, 6.45) is 6.45. The van der Waals surface area contributed by atoms with E-state index in [4.69, 9.17) is 8.94 Å². The average Bonchev–Trinajstić information content (AvgIpc) is 3.33. The Bertz CT molecular complexity index is 638. The smallest absolute Gasteiger partial charge is 0.240 e. The van der Waals surface area contributed by atoms with Gasteiger partial charge in [0.2, 0.25) is 11.8 Å². The van der Waals surface area contributed by atoms with Crippen molar-refractivity contribution in [1.82, 2.24) is 20.4 Å². The highest BCUT2D eigenvalue weighted by atomic mass is 16.5. The van der Waals surface area contributed by atoms with Crippen LogP contribution in [0.15, 0.2) is 27.3 Å². The van der Waals surface area contributed by atoms with E-state index < -0.39 is 0 Å². The van der Waals surface area contributed by atoms with E-state index in [0.717, 1.165) is 50.2 Å². The zero-order valence-electron chi connectivity index (χ0n) is 14.0. The summed E-state index contributed by atoms with van der Waals surface area (Å²) in [5.74, 6) is 2.12. The molecule has 1 amide bonds. The third-order valence-electron chi connectivity index (χ3n) is 4.29. The van der Waals surface area contributed by atoms with Crippen LogP contribution in [0.3, 0.4) is 0 Å². The van der Waals surface area contributed by atoms with Crippen LogP contribution in [0, 0.1) is 0 Å². The normalized spacial score (nSPS) is 18.1. The van der Waals surface area contributed by atoms with Gasteiger partial charge in [-0.1, -0.05) is 18.5 Å². The minimum absolute atomic E-state index is 0.0228. The van der Waals surface area contributed by atoms with Crippen LogP contribution >= 0.6 is 0 Å². The Labute approximate surface area is 141 Å². The number of carbonyl (C=O) groups is 1. The lowest BCUT2D eigenvalue weighted by Crippen LogP contribution is -2.42. The Hall–Kier alpha value is -2.15. The number of hydrogen-bond donors (Lipinski definition) is 1. The zero-order chi connectivity index (χ0) is 16.8. The van der Waals surface area contributed by atoms with Crippen molar-refractivity contribution >= 4 is 5.91 Å². The second-order valence-corrected chi connectivity index (χ2v) is 6.13. The van der Waals surface area contributed by atoms with Crippen LogP contribution in [0.4, 0.5) is 0 Å². The number of nitrogens with one attached hydrogen (secondary N) is 1. The van der Waals surface area contributed by atoms with Crippen molar-refractivity contribution in [2.24, 2.45) is 0 Å². The summed E-state index contributed by atoms with van der Waals surface area (Å²) in [6.45, 7) is 3.94. The summed E-state index contributed by atoms with van der Waals surface area (Å²) >= 11 is 0. The highest BCUT2D eigenvalue weighted by Crippen LogP contribution is 2.20. The highest BCUT2D eigenvalue weighted by molar-refractivity contribution is 5.81. The van der Waals surface area contributed by atoms with Gasteiger partial charge in [0.15, 0.2) is 5.82 Å². The van der Waals surface area contributed by atoms with Crippen LogP contribution in [0.1, 0.15) is 50.1 Å². The summed E-state index contributed by atoms with van der Waals surface area (Å²) in [7, 11) is 0. The van der Waals surface area contributed by atoms with Crippen molar-refractivity contribution < 1.29 is 13.7 Å². The molecule has 2 aromatic rings. The van der Waals surface area contributed by atoms with Gasteiger partial charge in [-0.15, -0.1) is 0 Å². The minimum Gasteiger partial charge on any atom is -0.467 e. The number of hydrogen-bond acceptors (Lipinski definition) is 6. The predicted octanol–water partition coefficient (Wildman–Crippen LogP) is 2.29. The fraction of sp³-hybridized carbons (Fsp3) is 0.588. The molecule has 1 fully saturated rings. The van der Waals surface area contributed by atoms with E-state index >= 15 is 0 Å². The highest BCUT2D eigenvalue weighted by Gasteiger charge is 2.31. The largest absolute Gasteiger partial charge is 0.467 e. The standard InChI is InChI=1S/C17H24N4O3/c1-2-3-8-15-19-16(24-20-15)12-21-9-4-7-14(21)17(22)18-11-13-6-5-10-23-13/h5-6,10,14H,2-4,7-9,11-12H2,1H3,(H,18,22)/t14-/m0/s1. The number of furan rings is 1. The van der Waals surface area contributed by atoms with Gasteiger partial charge in [-0.25, -0.2) is 0 Å². The van der Waals surface area contributed by atoms with Gasteiger partial charge in [0.05, 0.1) is 25.4 Å².